The molecule has 1 saturated carbocycles. The molecule has 11 heteroatoms. The highest BCUT2D eigenvalue weighted by molar-refractivity contribution is 9.10. The van der Waals surface area contributed by atoms with Crippen LogP contribution in [0.2, 0.25) is 5.02 Å². The number of aryl methyl sites for hydroxylation is 2. The van der Waals surface area contributed by atoms with Gasteiger partial charge in [-0.25, -0.2) is 0 Å². The molecule has 6 nitrogen and oxygen atoms in total. The molecule has 0 unspecified atom stereocenters. The smallest absolute Gasteiger partial charge is 0.340 e. The minimum atomic E-state index is -4.54. The number of carbonyl (C=O) groups is 1. The van der Waals surface area contributed by atoms with Gasteiger partial charge in [0.1, 0.15) is 5.69 Å². The van der Waals surface area contributed by atoms with E-state index in [2.05, 4.69) is 26.1 Å². The fourth-order valence-corrected chi connectivity index (χ4v) is 4.01. The lowest BCUT2D eigenvalue weighted by Gasteiger charge is -2.16. The molecule has 2 aromatic rings. The molecule has 0 spiro atoms. The van der Waals surface area contributed by atoms with Crippen LogP contribution in [0.3, 0.4) is 0 Å². The third-order valence-electron chi connectivity index (χ3n) is 4.63. The summed E-state index contributed by atoms with van der Waals surface area (Å²) in [6, 6.07) is 0. The van der Waals surface area contributed by atoms with Crippen molar-refractivity contribution in [1.29, 1.82) is 0 Å². The average Bonchev–Trinajstić information content (AvgIpc) is 3.30. The van der Waals surface area contributed by atoms with Crippen LogP contribution in [0.4, 0.5) is 13.2 Å². The summed E-state index contributed by atoms with van der Waals surface area (Å²) in [5, 5.41) is 8.50. The highest BCUT2D eigenvalue weighted by Gasteiger charge is 2.41. The second-order valence-corrected chi connectivity index (χ2v) is 8.02. The Hall–Kier alpha value is -1.55. The van der Waals surface area contributed by atoms with Crippen LogP contribution in [0.25, 0.3) is 0 Å². The van der Waals surface area contributed by atoms with E-state index in [0.717, 1.165) is 12.8 Å². The van der Waals surface area contributed by atoms with Crippen LogP contribution in [0.15, 0.2) is 10.7 Å². The van der Waals surface area contributed by atoms with Crippen LogP contribution in [0.1, 0.15) is 49.2 Å². The summed E-state index contributed by atoms with van der Waals surface area (Å²) in [6.45, 7) is 2.91. The molecule has 0 bridgehead atoms. The summed E-state index contributed by atoms with van der Waals surface area (Å²) in [4.78, 5) is 13.9. The summed E-state index contributed by atoms with van der Waals surface area (Å²) in [7, 11) is 1.62. The van der Waals surface area contributed by atoms with Gasteiger partial charge < -0.3 is 4.90 Å². The number of halogens is 5. The molecule has 0 atom stereocenters. The van der Waals surface area contributed by atoms with Crippen molar-refractivity contribution < 1.29 is 18.0 Å². The maximum absolute atomic E-state index is 13.2. The SMILES string of the molecule is CCn1cc(Cl)c(CN(C)C(=O)CCn2nc(C(F)(F)F)c(Br)c2C2CC2)n1. The quantitative estimate of drug-likeness (QED) is 0.585. The van der Waals surface area contributed by atoms with Gasteiger partial charge in [-0.05, 0) is 35.7 Å². The van der Waals surface area contributed by atoms with Crippen LogP contribution in [0.5, 0.6) is 0 Å². The van der Waals surface area contributed by atoms with E-state index in [1.807, 2.05) is 6.92 Å². The number of nitrogens with zero attached hydrogens (tertiary/aromatic N) is 5. The molecule has 0 N–H and O–H groups in total. The van der Waals surface area contributed by atoms with Crippen molar-refractivity contribution in [2.24, 2.45) is 0 Å². The second kappa shape index (κ2) is 8.06. The fourth-order valence-electron chi connectivity index (χ4n) is 2.96. The first-order valence-electron chi connectivity index (χ1n) is 8.91. The molecule has 0 aliphatic heterocycles. The molecule has 28 heavy (non-hydrogen) atoms. The van der Waals surface area contributed by atoms with Crippen molar-refractivity contribution >= 4 is 33.4 Å². The minimum Gasteiger partial charge on any atom is -0.340 e. The Labute approximate surface area is 173 Å². The third-order valence-corrected chi connectivity index (χ3v) is 5.72. The van der Waals surface area contributed by atoms with E-state index < -0.39 is 11.9 Å². The monoisotopic (exact) mass is 481 g/mol. The molecule has 0 aromatic carbocycles. The Morgan fingerprint density at radius 3 is 2.61 bits per heavy atom. The van der Waals surface area contributed by atoms with Crippen molar-refractivity contribution in [3.8, 4) is 0 Å². The van der Waals surface area contributed by atoms with Crippen molar-refractivity contribution in [3.05, 3.63) is 32.8 Å². The molecule has 1 aliphatic carbocycles. The number of hydrogen-bond donors (Lipinski definition) is 0. The van der Waals surface area contributed by atoms with Gasteiger partial charge in [-0.1, -0.05) is 11.6 Å². The zero-order chi connectivity index (χ0) is 20.6. The summed E-state index contributed by atoms with van der Waals surface area (Å²) < 4.78 is 42.5. The first-order chi connectivity index (χ1) is 13.1. The van der Waals surface area contributed by atoms with Gasteiger partial charge in [0, 0.05) is 32.1 Å². The lowest BCUT2D eigenvalue weighted by molar-refractivity contribution is -0.142. The third kappa shape index (κ3) is 4.53. The van der Waals surface area contributed by atoms with Crippen molar-refractivity contribution in [1.82, 2.24) is 24.5 Å². The summed E-state index contributed by atoms with van der Waals surface area (Å²) >= 11 is 9.18. The largest absolute Gasteiger partial charge is 0.436 e. The maximum Gasteiger partial charge on any atom is 0.436 e. The number of rotatable bonds is 7. The number of amides is 1. The topological polar surface area (TPSA) is 56.0 Å². The highest BCUT2D eigenvalue weighted by atomic mass is 79.9. The van der Waals surface area contributed by atoms with Gasteiger partial charge in [0.25, 0.3) is 0 Å². The zero-order valence-corrected chi connectivity index (χ0v) is 17.8. The number of aromatic nitrogens is 4. The average molecular weight is 483 g/mol. The van der Waals surface area contributed by atoms with Crippen molar-refractivity contribution in [2.45, 2.75) is 57.9 Å². The van der Waals surface area contributed by atoms with Crippen molar-refractivity contribution in [3.63, 3.8) is 0 Å². The maximum atomic E-state index is 13.2. The normalized spacial score (nSPS) is 14.5. The Balaban J connectivity index is 1.68. The highest BCUT2D eigenvalue weighted by Crippen LogP contribution is 2.47. The van der Waals surface area contributed by atoms with Gasteiger partial charge in [-0.15, -0.1) is 0 Å². The Bertz CT molecular complexity index is 875. The van der Waals surface area contributed by atoms with Gasteiger partial charge in [0.15, 0.2) is 5.69 Å². The Kier molecular flexibility index (Phi) is 6.09. The van der Waals surface area contributed by atoms with Crippen LogP contribution in [0, 0.1) is 0 Å². The van der Waals surface area contributed by atoms with Gasteiger partial charge in [-0.3, -0.25) is 14.2 Å². The van der Waals surface area contributed by atoms with Gasteiger partial charge >= 0.3 is 6.18 Å². The van der Waals surface area contributed by atoms with Crippen LogP contribution < -0.4 is 0 Å². The number of alkyl halides is 3. The minimum absolute atomic E-state index is 0.0137. The second-order valence-electron chi connectivity index (χ2n) is 6.82. The summed E-state index contributed by atoms with van der Waals surface area (Å²) in [6.07, 6.45) is -1.16. The molecule has 154 valence electrons. The molecule has 0 saturated heterocycles. The molecular weight excluding hydrogens is 463 g/mol. The lowest BCUT2D eigenvalue weighted by Crippen LogP contribution is -2.27. The fraction of sp³-hybridized carbons (Fsp3) is 0.588. The van der Waals surface area contributed by atoms with Crippen molar-refractivity contribution in [2.75, 3.05) is 7.05 Å². The van der Waals surface area contributed by atoms with Gasteiger partial charge in [0.05, 0.1) is 28.3 Å². The summed E-state index contributed by atoms with van der Waals surface area (Å²) in [5.41, 5.74) is 0.166. The van der Waals surface area contributed by atoms with Crippen LogP contribution in [-0.2, 0) is 30.6 Å². The van der Waals surface area contributed by atoms with Crippen LogP contribution >= 0.6 is 27.5 Å². The molecule has 0 radical (unpaired) electrons. The van der Waals surface area contributed by atoms with Crippen LogP contribution in [-0.4, -0.2) is 37.4 Å². The molecule has 2 heterocycles. The van der Waals surface area contributed by atoms with E-state index in [-0.39, 0.29) is 35.8 Å². The number of carbonyl (C=O) groups excluding carboxylic acids is 1. The van der Waals surface area contributed by atoms with E-state index in [1.165, 1.54) is 9.58 Å². The molecular formula is C17H20BrClF3N5O. The molecule has 2 aromatic heterocycles. The van der Waals surface area contributed by atoms with E-state index >= 15 is 0 Å². The standard InChI is InChI=1S/C17H20BrClF3N5O/c1-3-26-8-11(19)12(23-26)9-25(2)13(28)6-7-27-15(10-4-5-10)14(18)16(24-27)17(20,21)22/h8,10H,3-7,9H2,1-2H3. The first kappa shape index (κ1) is 21.2. The van der Waals surface area contributed by atoms with E-state index in [4.69, 9.17) is 11.6 Å². The Morgan fingerprint density at radius 1 is 1.39 bits per heavy atom. The lowest BCUT2D eigenvalue weighted by atomic mass is 10.2. The summed E-state index contributed by atoms with van der Waals surface area (Å²) in [5.74, 6) is -0.160. The predicted octanol–water partition coefficient (Wildman–Crippen LogP) is 4.46. The predicted molar refractivity (Wildman–Crippen MR) is 101 cm³/mol. The first-order valence-corrected chi connectivity index (χ1v) is 10.1. The van der Waals surface area contributed by atoms with Gasteiger partial charge in [0.2, 0.25) is 5.91 Å². The zero-order valence-electron chi connectivity index (χ0n) is 15.4. The molecule has 1 aliphatic rings. The molecule has 1 fully saturated rings. The Morgan fingerprint density at radius 2 is 2.07 bits per heavy atom. The molecule has 1 amide bonds. The molecule has 3 rings (SSSR count). The number of hydrogen-bond acceptors (Lipinski definition) is 3. The van der Waals surface area contributed by atoms with E-state index in [1.54, 1.807) is 17.9 Å². The van der Waals surface area contributed by atoms with E-state index in [0.29, 0.717) is 23.0 Å². The van der Waals surface area contributed by atoms with E-state index in [9.17, 15) is 18.0 Å². The van der Waals surface area contributed by atoms with Gasteiger partial charge in [-0.2, -0.15) is 23.4 Å².